The van der Waals surface area contributed by atoms with E-state index >= 15 is 0 Å². The van der Waals surface area contributed by atoms with Crippen molar-refractivity contribution < 1.29 is 19.1 Å². The van der Waals surface area contributed by atoms with Gasteiger partial charge in [0.25, 0.3) is 0 Å². The lowest BCUT2D eigenvalue weighted by Gasteiger charge is -2.36. The van der Waals surface area contributed by atoms with E-state index in [1.165, 1.54) is 18.4 Å². The third-order valence-electron chi connectivity index (χ3n) is 4.83. The molecule has 1 aliphatic rings. The molecule has 1 fully saturated rings. The smallest absolute Gasteiger partial charge is 0.340 e. The van der Waals surface area contributed by atoms with Crippen molar-refractivity contribution in [2.75, 3.05) is 63.7 Å². The zero-order chi connectivity index (χ0) is 20.6. The lowest BCUT2D eigenvalue weighted by molar-refractivity contribution is 0.0602. The van der Waals surface area contributed by atoms with Crippen LogP contribution in [0.25, 0.3) is 0 Å². The fourth-order valence-electron chi connectivity index (χ4n) is 3.26. The van der Waals surface area contributed by atoms with Crippen molar-refractivity contribution in [1.82, 2.24) is 10.2 Å². The lowest BCUT2D eigenvalue weighted by Crippen LogP contribution is -2.48. The molecule has 0 radical (unpaired) electrons. The molecule has 0 bridgehead atoms. The molecule has 1 aliphatic heterocycles. The second-order valence-electron chi connectivity index (χ2n) is 6.57. The Hall–Kier alpha value is -2.78. The topological polar surface area (TPSA) is 83.1 Å². The Morgan fingerprint density at radius 3 is 2.59 bits per heavy atom. The van der Waals surface area contributed by atoms with Gasteiger partial charge < -0.3 is 25.0 Å². The summed E-state index contributed by atoms with van der Waals surface area (Å²) in [6.45, 7) is 4.93. The highest BCUT2D eigenvalue weighted by atomic mass is 32.1. The number of esters is 1. The zero-order valence-corrected chi connectivity index (χ0v) is 17.5. The number of urea groups is 1. The van der Waals surface area contributed by atoms with Crippen LogP contribution in [0.5, 0.6) is 5.75 Å². The van der Waals surface area contributed by atoms with Crippen molar-refractivity contribution in [3.8, 4) is 5.75 Å². The molecule has 2 aromatic rings. The summed E-state index contributed by atoms with van der Waals surface area (Å²) in [5.74, 6) is 0.425. The van der Waals surface area contributed by atoms with Crippen LogP contribution in [-0.2, 0) is 4.74 Å². The van der Waals surface area contributed by atoms with Crippen molar-refractivity contribution in [1.29, 1.82) is 0 Å². The number of carbonyl (C=O) groups excluding carboxylic acids is 2. The van der Waals surface area contributed by atoms with Gasteiger partial charge in [-0.3, -0.25) is 4.90 Å². The van der Waals surface area contributed by atoms with Gasteiger partial charge in [0, 0.05) is 50.0 Å². The van der Waals surface area contributed by atoms with Crippen LogP contribution in [0, 0.1) is 0 Å². The van der Waals surface area contributed by atoms with Gasteiger partial charge in [0.2, 0.25) is 0 Å². The van der Waals surface area contributed by atoms with Crippen molar-refractivity contribution in [3.05, 3.63) is 40.6 Å². The average molecular weight is 419 g/mol. The van der Waals surface area contributed by atoms with Crippen LogP contribution in [0.4, 0.5) is 16.2 Å². The van der Waals surface area contributed by atoms with Crippen LogP contribution in [0.2, 0.25) is 0 Å². The number of anilines is 2. The van der Waals surface area contributed by atoms with Gasteiger partial charge in [0.15, 0.2) is 0 Å². The molecule has 1 aromatic carbocycles. The Morgan fingerprint density at radius 2 is 1.86 bits per heavy atom. The SMILES string of the molecule is COC(=O)c1cscc1NC(=O)NCCN1CCN(c2ccccc2OC)CC1. The molecule has 29 heavy (non-hydrogen) atoms. The minimum Gasteiger partial charge on any atom is -0.495 e. The number of piperazine rings is 1. The molecular formula is C20H26N4O4S. The van der Waals surface area contributed by atoms with Crippen LogP contribution in [0.1, 0.15) is 10.4 Å². The fourth-order valence-corrected chi connectivity index (χ4v) is 4.01. The van der Waals surface area contributed by atoms with Gasteiger partial charge in [-0.2, -0.15) is 0 Å². The van der Waals surface area contributed by atoms with E-state index in [-0.39, 0.29) is 6.03 Å². The van der Waals surface area contributed by atoms with Gasteiger partial charge in [0.05, 0.1) is 31.2 Å². The number of benzene rings is 1. The second-order valence-corrected chi connectivity index (χ2v) is 7.32. The maximum Gasteiger partial charge on any atom is 0.340 e. The van der Waals surface area contributed by atoms with Gasteiger partial charge in [0.1, 0.15) is 5.75 Å². The Bertz CT molecular complexity index is 833. The van der Waals surface area contributed by atoms with Gasteiger partial charge in [-0.15, -0.1) is 11.3 Å². The monoisotopic (exact) mass is 418 g/mol. The number of nitrogens with one attached hydrogen (secondary N) is 2. The van der Waals surface area contributed by atoms with Crippen molar-refractivity contribution in [2.45, 2.75) is 0 Å². The summed E-state index contributed by atoms with van der Waals surface area (Å²) < 4.78 is 10.2. The molecule has 9 heteroatoms. The molecule has 0 atom stereocenters. The summed E-state index contributed by atoms with van der Waals surface area (Å²) in [7, 11) is 3.01. The number of para-hydroxylation sites is 2. The third-order valence-corrected chi connectivity index (χ3v) is 5.57. The number of amides is 2. The molecule has 2 amide bonds. The maximum atomic E-state index is 12.1. The van der Waals surface area contributed by atoms with Crippen LogP contribution in [-0.4, -0.2) is 70.4 Å². The van der Waals surface area contributed by atoms with Crippen LogP contribution in [0.15, 0.2) is 35.0 Å². The summed E-state index contributed by atoms with van der Waals surface area (Å²) in [6.07, 6.45) is 0. The van der Waals surface area contributed by atoms with E-state index in [0.717, 1.165) is 44.2 Å². The Kier molecular flexibility index (Phi) is 7.31. The second kappa shape index (κ2) is 10.1. The minimum atomic E-state index is -0.463. The standard InChI is InChI=1S/C20H26N4O4S/c1-27-18-6-4-3-5-17(18)24-11-9-23(10-12-24)8-7-21-20(26)22-16-14-29-13-15(16)19(25)28-2/h3-6,13-14H,7-12H2,1-2H3,(H2,21,22,26). The third kappa shape index (κ3) is 5.39. The summed E-state index contributed by atoms with van der Waals surface area (Å²) in [6, 6.07) is 7.71. The number of hydrogen-bond acceptors (Lipinski definition) is 7. The molecule has 1 aromatic heterocycles. The molecular weight excluding hydrogens is 392 g/mol. The van der Waals surface area contributed by atoms with E-state index in [4.69, 9.17) is 9.47 Å². The van der Waals surface area contributed by atoms with Crippen molar-refractivity contribution >= 4 is 34.7 Å². The average Bonchev–Trinajstić information content (AvgIpc) is 3.21. The largest absolute Gasteiger partial charge is 0.495 e. The molecule has 0 aliphatic carbocycles. The first-order valence-corrected chi connectivity index (χ1v) is 10.4. The quantitative estimate of drug-likeness (QED) is 0.673. The molecule has 1 saturated heterocycles. The van der Waals surface area contributed by atoms with Gasteiger partial charge >= 0.3 is 12.0 Å². The van der Waals surface area contributed by atoms with E-state index in [9.17, 15) is 9.59 Å². The molecule has 3 rings (SSSR count). The van der Waals surface area contributed by atoms with E-state index in [0.29, 0.717) is 17.8 Å². The summed E-state index contributed by atoms with van der Waals surface area (Å²) in [4.78, 5) is 28.4. The first kappa shape index (κ1) is 20.9. The molecule has 0 spiro atoms. The molecule has 2 heterocycles. The first-order valence-electron chi connectivity index (χ1n) is 9.42. The highest BCUT2D eigenvalue weighted by Crippen LogP contribution is 2.28. The molecule has 0 unspecified atom stereocenters. The van der Waals surface area contributed by atoms with Gasteiger partial charge in [-0.25, -0.2) is 9.59 Å². The predicted octanol–water partition coefficient (Wildman–Crippen LogP) is 2.49. The highest BCUT2D eigenvalue weighted by Gasteiger charge is 2.19. The number of carbonyl (C=O) groups is 2. The molecule has 2 N–H and O–H groups in total. The number of methoxy groups -OCH3 is 2. The first-order chi connectivity index (χ1) is 14.1. The fraction of sp³-hybridized carbons (Fsp3) is 0.400. The molecule has 156 valence electrons. The Morgan fingerprint density at radius 1 is 1.10 bits per heavy atom. The molecule has 0 saturated carbocycles. The number of hydrogen-bond donors (Lipinski definition) is 2. The van der Waals surface area contributed by atoms with Crippen molar-refractivity contribution in [3.63, 3.8) is 0 Å². The highest BCUT2D eigenvalue weighted by molar-refractivity contribution is 7.08. The Balaban J connectivity index is 1.40. The lowest BCUT2D eigenvalue weighted by atomic mass is 10.2. The number of thiophene rings is 1. The van der Waals surface area contributed by atoms with Gasteiger partial charge in [-0.1, -0.05) is 12.1 Å². The number of rotatable bonds is 7. The van der Waals surface area contributed by atoms with Gasteiger partial charge in [-0.05, 0) is 12.1 Å². The number of nitrogens with zero attached hydrogens (tertiary/aromatic N) is 2. The summed E-state index contributed by atoms with van der Waals surface area (Å²) in [5.41, 5.74) is 1.94. The summed E-state index contributed by atoms with van der Waals surface area (Å²) >= 11 is 1.33. The predicted molar refractivity (Wildman–Crippen MR) is 114 cm³/mol. The number of ether oxygens (including phenoxy) is 2. The van der Waals surface area contributed by atoms with Crippen molar-refractivity contribution in [2.24, 2.45) is 0 Å². The van der Waals surface area contributed by atoms with E-state index in [1.807, 2.05) is 18.2 Å². The Labute approximate surface area is 174 Å². The zero-order valence-electron chi connectivity index (χ0n) is 16.6. The van der Waals surface area contributed by atoms with Crippen LogP contribution in [0.3, 0.4) is 0 Å². The van der Waals surface area contributed by atoms with E-state index in [2.05, 4.69) is 26.5 Å². The van der Waals surface area contributed by atoms with Crippen LogP contribution >= 0.6 is 11.3 Å². The van der Waals surface area contributed by atoms with E-state index in [1.54, 1.807) is 17.9 Å². The van der Waals surface area contributed by atoms with E-state index < -0.39 is 5.97 Å². The minimum absolute atomic E-state index is 0.332. The maximum absolute atomic E-state index is 12.1. The molecule has 8 nitrogen and oxygen atoms in total. The normalized spacial score (nSPS) is 14.3. The van der Waals surface area contributed by atoms with Crippen LogP contribution < -0.4 is 20.3 Å². The summed E-state index contributed by atoms with van der Waals surface area (Å²) in [5, 5.41) is 8.91.